The van der Waals surface area contributed by atoms with Gasteiger partial charge in [-0.15, -0.1) is 0 Å². The van der Waals surface area contributed by atoms with Gasteiger partial charge < -0.3 is 4.55 Å². The van der Waals surface area contributed by atoms with Crippen LogP contribution in [0.1, 0.15) is 25.3 Å². The fourth-order valence-electron chi connectivity index (χ4n) is 1.10. The van der Waals surface area contributed by atoms with Crippen molar-refractivity contribution < 1.29 is 4.55 Å². The van der Waals surface area contributed by atoms with E-state index < -0.39 is 11.4 Å². The molecule has 1 atom stereocenters. The largest absolute Gasteiger partial charge is 0.593 e. The maximum atomic E-state index is 10.8. The third kappa shape index (κ3) is 3.28. The number of rotatable bonds is 3. The monoisotopic (exact) mass is 197 g/mol. The van der Waals surface area contributed by atoms with E-state index in [1.165, 1.54) is 5.56 Å². The van der Waals surface area contributed by atoms with Crippen LogP contribution in [0.4, 0.5) is 5.69 Å². The molecule has 0 aliphatic rings. The molecule has 2 nitrogen and oxygen atoms in total. The van der Waals surface area contributed by atoms with Gasteiger partial charge in [-0.05, 0) is 23.6 Å². The van der Waals surface area contributed by atoms with Crippen LogP contribution in [0.5, 0.6) is 0 Å². The minimum absolute atomic E-state index is 0.543. The van der Waals surface area contributed by atoms with Crippen molar-refractivity contribution in [2.24, 2.45) is 0 Å². The van der Waals surface area contributed by atoms with E-state index in [-0.39, 0.29) is 0 Å². The highest BCUT2D eigenvalue weighted by molar-refractivity contribution is 7.92. The van der Waals surface area contributed by atoms with Crippen LogP contribution in [0.15, 0.2) is 24.3 Å². The maximum absolute atomic E-state index is 10.8. The Morgan fingerprint density at radius 2 is 1.77 bits per heavy atom. The standard InChI is InChI=1S/C10H15NOS/c1-8(2)9-4-6-10(7-5-9)11-13(3)12/h4-8,11H,1-3H3. The van der Waals surface area contributed by atoms with Crippen molar-refractivity contribution in [3.05, 3.63) is 29.8 Å². The first-order chi connectivity index (χ1) is 6.09. The van der Waals surface area contributed by atoms with E-state index in [1.807, 2.05) is 12.1 Å². The Kier molecular flexibility index (Phi) is 3.63. The lowest BCUT2D eigenvalue weighted by atomic mass is 10.0. The van der Waals surface area contributed by atoms with Gasteiger partial charge in [0.15, 0.2) is 0 Å². The van der Waals surface area contributed by atoms with Crippen LogP contribution in [0.3, 0.4) is 0 Å². The molecular weight excluding hydrogens is 182 g/mol. The van der Waals surface area contributed by atoms with Crippen molar-refractivity contribution in [2.45, 2.75) is 19.8 Å². The summed E-state index contributed by atoms with van der Waals surface area (Å²) in [5.74, 6) is 0.543. The van der Waals surface area contributed by atoms with Crippen molar-refractivity contribution in [1.29, 1.82) is 0 Å². The van der Waals surface area contributed by atoms with Crippen molar-refractivity contribution >= 4 is 17.0 Å². The smallest absolute Gasteiger partial charge is 0.121 e. The van der Waals surface area contributed by atoms with Gasteiger partial charge in [0.1, 0.15) is 6.26 Å². The lowest BCUT2D eigenvalue weighted by molar-refractivity contribution is 0.605. The van der Waals surface area contributed by atoms with Crippen molar-refractivity contribution in [2.75, 3.05) is 11.0 Å². The second kappa shape index (κ2) is 4.53. The zero-order chi connectivity index (χ0) is 9.84. The van der Waals surface area contributed by atoms with Crippen LogP contribution in [0, 0.1) is 0 Å². The van der Waals surface area contributed by atoms with E-state index >= 15 is 0 Å². The summed E-state index contributed by atoms with van der Waals surface area (Å²) in [4.78, 5) is 0. The zero-order valence-electron chi connectivity index (χ0n) is 8.20. The van der Waals surface area contributed by atoms with E-state index in [1.54, 1.807) is 6.26 Å². The number of anilines is 1. The van der Waals surface area contributed by atoms with Crippen molar-refractivity contribution in [3.63, 3.8) is 0 Å². The second-order valence-electron chi connectivity index (χ2n) is 3.33. The highest BCUT2D eigenvalue weighted by atomic mass is 32.2. The summed E-state index contributed by atoms with van der Waals surface area (Å²) in [5.41, 5.74) is 2.21. The molecule has 3 heteroatoms. The molecule has 0 radical (unpaired) electrons. The summed E-state index contributed by atoms with van der Waals surface area (Å²) in [6, 6.07) is 8.02. The topological polar surface area (TPSA) is 35.1 Å². The van der Waals surface area contributed by atoms with Gasteiger partial charge in [0.2, 0.25) is 0 Å². The molecule has 0 saturated heterocycles. The van der Waals surface area contributed by atoms with Crippen LogP contribution in [0.25, 0.3) is 0 Å². The average molecular weight is 197 g/mol. The molecule has 1 rings (SSSR count). The third-order valence-electron chi connectivity index (χ3n) is 1.84. The average Bonchev–Trinajstić information content (AvgIpc) is 2.04. The Bertz CT molecular complexity index is 256. The summed E-state index contributed by atoms with van der Waals surface area (Å²) in [5, 5.41) is 0. The molecule has 0 aliphatic heterocycles. The van der Waals surface area contributed by atoms with E-state index in [4.69, 9.17) is 0 Å². The zero-order valence-corrected chi connectivity index (χ0v) is 9.02. The van der Waals surface area contributed by atoms with Crippen LogP contribution in [0.2, 0.25) is 0 Å². The molecule has 0 heterocycles. The second-order valence-corrected chi connectivity index (χ2v) is 4.45. The molecule has 13 heavy (non-hydrogen) atoms. The van der Waals surface area contributed by atoms with E-state index in [9.17, 15) is 4.55 Å². The Labute approximate surface area is 82.7 Å². The molecule has 0 aliphatic carbocycles. The first-order valence-corrected chi connectivity index (χ1v) is 5.85. The molecular formula is C10H15NOS. The molecule has 1 aromatic carbocycles. The molecule has 0 spiro atoms. The number of nitrogens with one attached hydrogen (secondary N) is 1. The predicted molar refractivity (Wildman–Crippen MR) is 58.2 cm³/mol. The highest BCUT2D eigenvalue weighted by Crippen LogP contribution is 2.17. The van der Waals surface area contributed by atoms with Gasteiger partial charge in [-0.3, -0.25) is 0 Å². The molecule has 1 unspecified atom stereocenters. The number of hydrogen-bond acceptors (Lipinski definition) is 2. The Balaban J connectivity index is 2.70. The highest BCUT2D eigenvalue weighted by Gasteiger charge is 2.00. The number of benzene rings is 1. The summed E-state index contributed by atoms with van der Waals surface area (Å²) in [7, 11) is 0. The van der Waals surface area contributed by atoms with E-state index in [0.717, 1.165) is 5.69 Å². The summed E-state index contributed by atoms with van der Waals surface area (Å²) in [6.45, 7) is 4.31. The third-order valence-corrected chi connectivity index (χ3v) is 2.36. The van der Waals surface area contributed by atoms with Gasteiger partial charge in [-0.1, -0.05) is 26.0 Å². The van der Waals surface area contributed by atoms with Gasteiger partial charge in [0.25, 0.3) is 0 Å². The van der Waals surface area contributed by atoms with Gasteiger partial charge >= 0.3 is 0 Å². The summed E-state index contributed by atoms with van der Waals surface area (Å²) >= 11 is -0.984. The SMILES string of the molecule is CC(C)c1ccc(N[S+](C)[O-])cc1. The first-order valence-electron chi connectivity index (χ1n) is 4.29. The van der Waals surface area contributed by atoms with Gasteiger partial charge in [0, 0.05) is 0 Å². The molecule has 0 bridgehead atoms. The van der Waals surface area contributed by atoms with Crippen LogP contribution in [-0.2, 0) is 11.4 Å². The minimum atomic E-state index is -0.984. The fraction of sp³-hybridized carbons (Fsp3) is 0.400. The molecule has 0 fully saturated rings. The number of hydrogen-bond donors (Lipinski definition) is 1. The summed E-state index contributed by atoms with van der Waals surface area (Å²) in [6.07, 6.45) is 1.62. The van der Waals surface area contributed by atoms with Gasteiger partial charge in [-0.2, -0.15) is 0 Å². The van der Waals surface area contributed by atoms with Crippen LogP contribution < -0.4 is 4.72 Å². The van der Waals surface area contributed by atoms with Crippen LogP contribution in [-0.4, -0.2) is 10.8 Å². The van der Waals surface area contributed by atoms with E-state index in [2.05, 4.69) is 30.7 Å². The van der Waals surface area contributed by atoms with Crippen molar-refractivity contribution in [3.8, 4) is 0 Å². The molecule has 0 saturated carbocycles. The van der Waals surface area contributed by atoms with Crippen molar-refractivity contribution in [1.82, 2.24) is 0 Å². The quantitative estimate of drug-likeness (QED) is 0.756. The summed E-state index contributed by atoms with van der Waals surface area (Å²) < 4.78 is 13.7. The lowest BCUT2D eigenvalue weighted by Crippen LogP contribution is -2.09. The van der Waals surface area contributed by atoms with Gasteiger partial charge in [0.05, 0.1) is 17.0 Å². The molecule has 0 amide bonds. The lowest BCUT2D eigenvalue weighted by Gasteiger charge is -2.09. The van der Waals surface area contributed by atoms with Gasteiger partial charge in [-0.25, -0.2) is 4.72 Å². The van der Waals surface area contributed by atoms with Crippen LogP contribution >= 0.6 is 0 Å². The normalized spacial score (nSPS) is 13.0. The Hall–Kier alpha value is -0.670. The maximum Gasteiger partial charge on any atom is 0.121 e. The fourth-order valence-corrected chi connectivity index (χ4v) is 1.57. The molecule has 1 N–H and O–H groups in total. The molecule has 0 aromatic heterocycles. The Morgan fingerprint density at radius 3 is 2.15 bits per heavy atom. The van der Waals surface area contributed by atoms with E-state index in [0.29, 0.717) is 5.92 Å². The first kappa shape index (κ1) is 10.4. The Morgan fingerprint density at radius 1 is 1.23 bits per heavy atom. The molecule has 72 valence electrons. The predicted octanol–water partition coefficient (Wildman–Crippen LogP) is 2.52. The minimum Gasteiger partial charge on any atom is -0.593 e. The molecule has 1 aromatic rings.